The monoisotopic (exact) mass is 1000 g/mol. The number of pyridine rings is 1. The summed E-state index contributed by atoms with van der Waals surface area (Å²) < 4.78 is 32.3. The first-order valence-corrected chi connectivity index (χ1v) is 25.1. The molecule has 5 amide bonds. The van der Waals surface area contributed by atoms with Gasteiger partial charge in [-0.05, 0) is 115 Å². The van der Waals surface area contributed by atoms with Crippen molar-refractivity contribution >= 4 is 69.3 Å². The van der Waals surface area contributed by atoms with Crippen LogP contribution in [-0.4, -0.2) is 111 Å². The minimum absolute atomic E-state index is 0.00943. The SMILES string of the molecule is CC(C)(C)OC(=O)N(CCCOCCCCNC(=O)C1(Cc2cccc(Nc3nccs3)n2)CCC(Oc2cccc(Cl)c2F)CC1)CCC(=O)Nc1cccc2c1CN(C1CCC(O)NC1=O)C2=O. The van der Waals surface area contributed by atoms with Gasteiger partial charge in [-0.1, -0.05) is 29.8 Å². The molecule has 4 aromatic rings. The zero-order valence-corrected chi connectivity index (χ0v) is 41.3. The van der Waals surface area contributed by atoms with Gasteiger partial charge in [0.05, 0.1) is 16.5 Å². The third kappa shape index (κ3) is 13.9. The number of aromatic nitrogens is 2. The molecule has 2 fully saturated rings. The summed E-state index contributed by atoms with van der Waals surface area (Å²) in [5.41, 5.74) is 0.689. The number of nitrogens with zero attached hydrogens (tertiary/aromatic N) is 4. The maximum absolute atomic E-state index is 14.7. The van der Waals surface area contributed by atoms with Crippen molar-refractivity contribution in [3.8, 4) is 5.75 Å². The molecule has 1 saturated carbocycles. The standard InChI is InChI=1S/C50H62ClFN8O9S/c1-49(2,3)69-48(66)59(26-20-42(62)56-37-13-7-11-34-35(37)31-60(45(34)64)38-16-17-41(61)58-44(38)63)25-9-28-67-27-5-4-23-53-46(65)50(30-32-10-6-15-40(55-32)57-47-54-24-29-70-47)21-18-33(19-22-50)68-39-14-8-12-36(51)43(39)52/h6-8,10-15,24,29,33,38,41,61H,4-5,9,16-23,25-28,30-31H2,1-3H3,(H,53,65)(H,56,62)(H,58,63)(H,54,55,57). The molecule has 376 valence electrons. The zero-order chi connectivity index (χ0) is 49.8. The van der Waals surface area contributed by atoms with Gasteiger partial charge in [0.25, 0.3) is 5.91 Å². The highest BCUT2D eigenvalue weighted by atomic mass is 35.5. The number of hydrogen-bond acceptors (Lipinski definition) is 13. The number of thiazole rings is 1. The summed E-state index contributed by atoms with van der Waals surface area (Å²) in [5.74, 6) is -1.04. The van der Waals surface area contributed by atoms with Gasteiger partial charge in [0.1, 0.15) is 23.7 Å². The Hall–Kier alpha value is -5.89. The highest BCUT2D eigenvalue weighted by Gasteiger charge is 2.43. The van der Waals surface area contributed by atoms with Gasteiger partial charge in [0.2, 0.25) is 17.7 Å². The summed E-state index contributed by atoms with van der Waals surface area (Å²) in [6.45, 7) is 7.03. The fourth-order valence-electron chi connectivity index (χ4n) is 8.94. The third-order valence-corrected chi connectivity index (χ3v) is 13.5. The van der Waals surface area contributed by atoms with Crippen LogP contribution in [0.15, 0.2) is 66.2 Å². The van der Waals surface area contributed by atoms with Gasteiger partial charge >= 0.3 is 6.09 Å². The lowest BCUT2D eigenvalue weighted by molar-refractivity contribution is -0.134. The first-order chi connectivity index (χ1) is 33.6. The molecule has 1 aliphatic carbocycles. The molecule has 2 unspecified atom stereocenters. The minimum Gasteiger partial charge on any atom is -0.487 e. The van der Waals surface area contributed by atoms with Gasteiger partial charge in [-0.2, -0.15) is 0 Å². The number of halogens is 2. The van der Waals surface area contributed by atoms with Crippen molar-refractivity contribution in [2.45, 2.75) is 122 Å². The summed E-state index contributed by atoms with van der Waals surface area (Å²) in [6.07, 6.45) is 4.88. The van der Waals surface area contributed by atoms with E-state index >= 15 is 0 Å². The fourth-order valence-corrected chi connectivity index (χ4v) is 9.64. The first kappa shape index (κ1) is 51.9. The van der Waals surface area contributed by atoms with Gasteiger partial charge in [-0.3, -0.25) is 19.2 Å². The summed E-state index contributed by atoms with van der Waals surface area (Å²) in [4.78, 5) is 78.6. The van der Waals surface area contributed by atoms with Gasteiger partial charge in [-0.25, -0.2) is 19.2 Å². The lowest BCUT2D eigenvalue weighted by Gasteiger charge is -2.39. The summed E-state index contributed by atoms with van der Waals surface area (Å²) >= 11 is 7.47. The molecule has 0 spiro atoms. The van der Waals surface area contributed by atoms with Crippen LogP contribution < -0.4 is 26.0 Å². The van der Waals surface area contributed by atoms with Crippen LogP contribution in [0.1, 0.15) is 107 Å². The Labute approximate surface area is 416 Å². The van der Waals surface area contributed by atoms with E-state index < -0.39 is 41.1 Å². The Morgan fingerprint density at radius 3 is 2.53 bits per heavy atom. The molecule has 2 aromatic heterocycles. The fraction of sp³-hybridized carbons (Fsp3) is 0.500. The molecule has 17 nitrogen and oxygen atoms in total. The van der Waals surface area contributed by atoms with E-state index in [2.05, 4.69) is 26.3 Å². The molecule has 2 atom stereocenters. The molecule has 4 heterocycles. The number of aliphatic hydroxyl groups is 1. The van der Waals surface area contributed by atoms with E-state index in [0.717, 1.165) is 5.69 Å². The number of fused-ring (bicyclic) bond motifs is 1. The second kappa shape index (κ2) is 23.8. The number of hydrogen-bond donors (Lipinski definition) is 5. The molecule has 0 radical (unpaired) electrons. The van der Waals surface area contributed by atoms with E-state index in [-0.39, 0.29) is 60.7 Å². The van der Waals surface area contributed by atoms with Crippen LogP contribution in [0.25, 0.3) is 0 Å². The van der Waals surface area contributed by atoms with E-state index in [1.165, 1.54) is 27.2 Å². The molecule has 5 N–H and O–H groups in total. The van der Waals surface area contributed by atoms with E-state index in [1.54, 1.807) is 57.3 Å². The van der Waals surface area contributed by atoms with Crippen LogP contribution in [0.3, 0.4) is 0 Å². The van der Waals surface area contributed by atoms with Crippen LogP contribution in [0.5, 0.6) is 5.75 Å². The number of unbranched alkanes of at least 4 members (excludes halogenated alkanes) is 1. The summed E-state index contributed by atoms with van der Waals surface area (Å²) in [7, 11) is 0. The summed E-state index contributed by atoms with van der Waals surface area (Å²) in [6, 6.07) is 14.7. The number of rotatable bonds is 21. The highest BCUT2D eigenvalue weighted by Crippen LogP contribution is 2.42. The topological polar surface area (TPSA) is 214 Å². The molecule has 3 aliphatic rings. The van der Waals surface area contributed by atoms with Crippen LogP contribution in [0.4, 0.5) is 25.8 Å². The predicted molar refractivity (Wildman–Crippen MR) is 262 cm³/mol. The van der Waals surface area contributed by atoms with Crippen LogP contribution in [-0.2, 0) is 36.8 Å². The van der Waals surface area contributed by atoms with Crippen molar-refractivity contribution in [1.29, 1.82) is 0 Å². The van der Waals surface area contributed by atoms with Gasteiger partial charge in [-0.15, -0.1) is 11.3 Å². The zero-order valence-electron chi connectivity index (χ0n) is 39.8. The molecule has 0 bridgehead atoms. The second-order valence-corrected chi connectivity index (χ2v) is 20.2. The van der Waals surface area contributed by atoms with Crippen molar-refractivity contribution in [3.63, 3.8) is 0 Å². The number of anilines is 3. The number of ether oxygens (including phenoxy) is 3. The van der Waals surface area contributed by atoms with E-state index in [4.69, 9.17) is 30.8 Å². The Morgan fingerprint density at radius 2 is 1.77 bits per heavy atom. The molecule has 1 saturated heterocycles. The Bertz CT molecular complexity index is 2470. The lowest BCUT2D eigenvalue weighted by Crippen LogP contribution is -2.54. The van der Waals surface area contributed by atoms with Crippen molar-refractivity contribution in [2.24, 2.45) is 5.41 Å². The van der Waals surface area contributed by atoms with E-state index in [1.807, 2.05) is 23.6 Å². The molecular weight excluding hydrogens is 943 g/mol. The first-order valence-electron chi connectivity index (χ1n) is 23.9. The van der Waals surface area contributed by atoms with Crippen molar-refractivity contribution in [2.75, 3.05) is 43.5 Å². The molecule has 70 heavy (non-hydrogen) atoms. The number of carbonyl (C=O) groups is 5. The van der Waals surface area contributed by atoms with Crippen LogP contribution >= 0.6 is 22.9 Å². The number of amides is 5. The molecule has 2 aromatic carbocycles. The second-order valence-electron chi connectivity index (χ2n) is 18.9. The van der Waals surface area contributed by atoms with Gasteiger partial charge in [0, 0.05) is 86.3 Å². The van der Waals surface area contributed by atoms with Gasteiger partial charge in [0.15, 0.2) is 16.7 Å². The maximum Gasteiger partial charge on any atom is 0.410 e. The molecule has 7 rings (SSSR count). The van der Waals surface area contributed by atoms with Crippen molar-refractivity contribution in [3.05, 3.63) is 93.8 Å². The summed E-state index contributed by atoms with van der Waals surface area (Å²) in [5, 5.41) is 24.2. The van der Waals surface area contributed by atoms with E-state index in [0.29, 0.717) is 112 Å². The number of benzene rings is 2. The predicted octanol–water partition coefficient (Wildman–Crippen LogP) is 7.75. The number of piperidine rings is 1. The van der Waals surface area contributed by atoms with Gasteiger partial charge < -0.3 is 50.4 Å². The molecule has 2 aliphatic heterocycles. The van der Waals surface area contributed by atoms with Crippen molar-refractivity contribution in [1.82, 2.24) is 30.4 Å². The maximum atomic E-state index is 14.7. The lowest BCUT2D eigenvalue weighted by atomic mass is 9.69. The van der Waals surface area contributed by atoms with Crippen LogP contribution in [0.2, 0.25) is 5.02 Å². The molecule has 20 heteroatoms. The Morgan fingerprint density at radius 1 is 1.00 bits per heavy atom. The third-order valence-electron chi connectivity index (χ3n) is 12.5. The van der Waals surface area contributed by atoms with Crippen molar-refractivity contribution < 1.29 is 47.7 Å². The number of carbonyl (C=O) groups excluding carboxylic acids is 5. The van der Waals surface area contributed by atoms with Crippen LogP contribution in [0, 0.1) is 11.2 Å². The normalized spacial score (nSPS) is 20.0. The number of aliphatic hydroxyl groups excluding tert-OH is 1. The average molecular weight is 1010 g/mol. The molecular formula is C50H62ClFN8O9S. The Kier molecular flexibility index (Phi) is 17.7. The largest absolute Gasteiger partial charge is 0.487 e. The quantitative estimate of drug-likeness (QED) is 0.0507. The Balaban J connectivity index is 0.860. The smallest absolute Gasteiger partial charge is 0.410 e. The van der Waals surface area contributed by atoms with E-state index in [9.17, 15) is 33.5 Å². The average Bonchev–Trinajstić information content (AvgIpc) is 3.96. The highest BCUT2D eigenvalue weighted by molar-refractivity contribution is 7.13. The minimum atomic E-state index is -0.945. The number of nitrogens with one attached hydrogen (secondary N) is 4.